The first kappa shape index (κ1) is 32.1. The summed E-state index contributed by atoms with van der Waals surface area (Å²) < 4.78 is 5.59. The van der Waals surface area contributed by atoms with Gasteiger partial charge >= 0.3 is 12.1 Å². The van der Waals surface area contributed by atoms with Crippen molar-refractivity contribution < 1.29 is 33.9 Å². The number of oxime groups is 1. The number of amides is 3. The molecule has 47 heavy (non-hydrogen) atoms. The highest BCUT2D eigenvalue weighted by Crippen LogP contribution is 2.45. The zero-order chi connectivity index (χ0) is 33.5. The maximum atomic E-state index is 14.3. The van der Waals surface area contributed by atoms with E-state index < -0.39 is 58.9 Å². The molecule has 4 aliphatic rings. The minimum atomic E-state index is -1.49. The lowest BCUT2D eigenvalue weighted by atomic mass is 9.85. The van der Waals surface area contributed by atoms with E-state index in [4.69, 9.17) is 9.57 Å². The molecule has 3 aliphatic carbocycles. The average Bonchev–Trinajstić information content (AvgIpc) is 3.37. The number of hydrogen-bond acceptors (Lipinski definition) is 9. The van der Waals surface area contributed by atoms with Crippen LogP contribution in [0.2, 0.25) is 0 Å². The molecule has 2 aromatic rings. The summed E-state index contributed by atoms with van der Waals surface area (Å²) in [5, 5.41) is 19.8. The quantitative estimate of drug-likeness (QED) is 0.233. The summed E-state index contributed by atoms with van der Waals surface area (Å²) in [7, 11) is 0. The molecule has 6 rings (SSSR count). The molecular formula is C34H40N6O7. The van der Waals surface area contributed by atoms with Crippen LogP contribution in [0.4, 0.5) is 4.79 Å². The second kappa shape index (κ2) is 12.4. The lowest BCUT2D eigenvalue weighted by Gasteiger charge is -2.35. The number of carbonyl (C=O) groups excluding carboxylic acids is 3. The third kappa shape index (κ3) is 6.18. The van der Waals surface area contributed by atoms with Gasteiger partial charge in [0.1, 0.15) is 41.2 Å². The van der Waals surface area contributed by atoms with E-state index in [1.807, 2.05) is 45.0 Å². The van der Waals surface area contributed by atoms with Crippen LogP contribution in [0.25, 0.3) is 11.1 Å². The van der Waals surface area contributed by atoms with E-state index in [-0.39, 0.29) is 25.5 Å². The standard InChI is InChI=1S/C34H40N6O7/c1-5-19-17-34(19,31(43)44)38-29(41)24-16-21(47-39-27-25-22(12-8-14-35-25)23-13-9-15-36-26(23)27)18-40(24)30(42)28(33(2,3)4)37-32(45)46-20-10-6-7-11-20/h5,8-9,12-15,19-21,24,28H,1,6-7,10-11,16-18H2,2-4H3,(H,37,45)(H,38,41)(H,43,44)/t19-,21-,24+,28-,34+/m1/s1. The SMILES string of the molecule is C=C[C@@H]1C[C@@]1(NC(=O)[C@@H]1C[C@@H](ON=C2c3ncccc3-c3cccnc32)CN1C(=O)[C@@H](NC(=O)OC1CCCC1)C(C)(C)C)C(=O)O. The third-order valence-corrected chi connectivity index (χ3v) is 9.47. The number of hydrogen-bond donors (Lipinski definition) is 3. The van der Waals surface area contributed by atoms with Gasteiger partial charge in [-0.15, -0.1) is 6.58 Å². The maximum Gasteiger partial charge on any atom is 0.408 e. The van der Waals surface area contributed by atoms with E-state index in [2.05, 4.69) is 32.3 Å². The van der Waals surface area contributed by atoms with Crippen LogP contribution in [-0.2, 0) is 24.0 Å². The number of carboxylic acids is 1. The number of aliphatic carboxylic acids is 1. The fourth-order valence-electron chi connectivity index (χ4n) is 6.76. The number of alkyl carbamates (subject to hydrolysis) is 1. The summed E-state index contributed by atoms with van der Waals surface area (Å²) in [6.45, 7) is 9.09. The number of ether oxygens (including phenoxy) is 1. The minimum absolute atomic E-state index is 0.0330. The van der Waals surface area contributed by atoms with Crippen molar-refractivity contribution in [2.45, 2.75) is 89.1 Å². The van der Waals surface area contributed by atoms with Gasteiger partial charge in [0.05, 0.1) is 6.54 Å². The van der Waals surface area contributed by atoms with Crippen molar-refractivity contribution in [1.29, 1.82) is 0 Å². The van der Waals surface area contributed by atoms with Crippen molar-refractivity contribution in [2.75, 3.05) is 6.54 Å². The van der Waals surface area contributed by atoms with Crippen molar-refractivity contribution in [2.24, 2.45) is 16.5 Å². The van der Waals surface area contributed by atoms with Crippen molar-refractivity contribution >= 4 is 29.6 Å². The number of nitrogens with one attached hydrogen (secondary N) is 2. The largest absolute Gasteiger partial charge is 0.479 e. The molecule has 3 heterocycles. The third-order valence-electron chi connectivity index (χ3n) is 9.47. The van der Waals surface area contributed by atoms with Crippen LogP contribution in [0.15, 0.2) is 54.5 Å². The molecule has 0 bridgehead atoms. The monoisotopic (exact) mass is 644 g/mol. The Labute approximate surface area is 272 Å². The van der Waals surface area contributed by atoms with E-state index in [1.54, 1.807) is 12.4 Å². The number of aromatic nitrogens is 2. The summed E-state index contributed by atoms with van der Waals surface area (Å²) in [5.41, 5.74) is 1.12. The van der Waals surface area contributed by atoms with Gasteiger partial charge in [0, 0.05) is 35.9 Å². The molecule has 1 aliphatic heterocycles. The molecule has 13 heteroatoms. The van der Waals surface area contributed by atoms with Gasteiger partial charge in [-0.3, -0.25) is 19.6 Å². The minimum Gasteiger partial charge on any atom is -0.479 e. The van der Waals surface area contributed by atoms with Gasteiger partial charge in [0.2, 0.25) is 11.8 Å². The Morgan fingerprint density at radius 2 is 1.72 bits per heavy atom. The van der Waals surface area contributed by atoms with Gasteiger partial charge in [-0.05, 0) is 49.7 Å². The Morgan fingerprint density at radius 3 is 2.28 bits per heavy atom. The first-order chi connectivity index (χ1) is 22.4. The molecule has 0 unspecified atom stereocenters. The molecule has 0 radical (unpaired) electrons. The van der Waals surface area contributed by atoms with Crippen molar-refractivity contribution in [3.8, 4) is 11.1 Å². The van der Waals surface area contributed by atoms with Crippen LogP contribution in [0.5, 0.6) is 0 Å². The summed E-state index contributed by atoms with van der Waals surface area (Å²) in [6, 6.07) is 5.36. The van der Waals surface area contributed by atoms with Crippen LogP contribution in [0, 0.1) is 11.3 Å². The molecule has 3 N–H and O–H groups in total. The second-order valence-electron chi connectivity index (χ2n) is 13.8. The number of carboxylic acid groups (broad SMARTS) is 1. The lowest BCUT2D eigenvalue weighted by molar-refractivity contribution is -0.146. The highest BCUT2D eigenvalue weighted by atomic mass is 16.6. The number of likely N-dealkylation sites (tertiary alicyclic amines) is 1. The molecule has 248 valence electrons. The first-order valence-electron chi connectivity index (χ1n) is 16.0. The molecule has 1 saturated heterocycles. The van der Waals surface area contributed by atoms with Gasteiger partial charge < -0.3 is 30.2 Å². The summed E-state index contributed by atoms with van der Waals surface area (Å²) in [4.78, 5) is 69.5. The molecule has 2 saturated carbocycles. The topological polar surface area (TPSA) is 172 Å². The molecule has 0 aromatic carbocycles. The number of carbonyl (C=O) groups is 4. The molecule has 2 aromatic heterocycles. The van der Waals surface area contributed by atoms with E-state index in [0.29, 0.717) is 17.1 Å². The Hall–Kier alpha value is -4.81. The van der Waals surface area contributed by atoms with Crippen molar-refractivity contribution in [3.05, 3.63) is 60.7 Å². The predicted molar refractivity (Wildman–Crippen MR) is 170 cm³/mol. The van der Waals surface area contributed by atoms with Crippen LogP contribution < -0.4 is 10.6 Å². The number of rotatable bonds is 9. The van der Waals surface area contributed by atoms with Crippen molar-refractivity contribution in [3.63, 3.8) is 0 Å². The summed E-state index contributed by atoms with van der Waals surface area (Å²) in [6.07, 6.45) is 6.91. The predicted octanol–water partition coefficient (Wildman–Crippen LogP) is 3.42. The zero-order valence-electron chi connectivity index (χ0n) is 26.8. The maximum absolute atomic E-state index is 14.3. The smallest absolute Gasteiger partial charge is 0.408 e. The van der Waals surface area contributed by atoms with Crippen LogP contribution >= 0.6 is 0 Å². The molecule has 13 nitrogen and oxygen atoms in total. The van der Waals surface area contributed by atoms with Crippen LogP contribution in [-0.4, -0.2) is 85.9 Å². The van der Waals surface area contributed by atoms with Crippen molar-refractivity contribution in [1.82, 2.24) is 25.5 Å². The molecule has 3 fully saturated rings. The fraction of sp³-hybridized carbons (Fsp3) is 0.500. The van der Waals surface area contributed by atoms with Gasteiger partial charge in [-0.2, -0.15) is 0 Å². The van der Waals surface area contributed by atoms with Gasteiger partial charge in [0.25, 0.3) is 0 Å². The zero-order valence-corrected chi connectivity index (χ0v) is 26.8. The van der Waals surface area contributed by atoms with Crippen LogP contribution in [0.1, 0.15) is 70.7 Å². The van der Waals surface area contributed by atoms with E-state index in [9.17, 15) is 24.3 Å². The Bertz CT molecular complexity index is 1580. The van der Waals surface area contributed by atoms with Gasteiger partial charge in [-0.25, -0.2) is 9.59 Å². The normalized spacial score (nSPS) is 25.3. The Kier molecular flexibility index (Phi) is 8.49. The van der Waals surface area contributed by atoms with E-state index in [1.165, 1.54) is 11.0 Å². The first-order valence-corrected chi connectivity index (χ1v) is 16.0. The lowest BCUT2D eigenvalue weighted by Crippen LogP contribution is -2.59. The highest BCUT2D eigenvalue weighted by Gasteiger charge is 2.61. The van der Waals surface area contributed by atoms with Crippen LogP contribution in [0.3, 0.4) is 0 Å². The molecule has 3 amide bonds. The highest BCUT2D eigenvalue weighted by molar-refractivity contribution is 6.22. The Morgan fingerprint density at radius 1 is 1.09 bits per heavy atom. The van der Waals surface area contributed by atoms with E-state index >= 15 is 0 Å². The van der Waals surface area contributed by atoms with Gasteiger partial charge in [-0.1, -0.05) is 44.1 Å². The average molecular weight is 645 g/mol. The number of pyridine rings is 2. The van der Waals surface area contributed by atoms with Gasteiger partial charge in [0.15, 0.2) is 5.71 Å². The molecule has 0 spiro atoms. The second-order valence-corrected chi connectivity index (χ2v) is 13.8. The fourth-order valence-corrected chi connectivity index (χ4v) is 6.76. The van der Waals surface area contributed by atoms with E-state index in [0.717, 1.165) is 36.8 Å². The summed E-state index contributed by atoms with van der Waals surface area (Å²) >= 11 is 0. The molecular weight excluding hydrogens is 604 g/mol. The summed E-state index contributed by atoms with van der Waals surface area (Å²) in [5.74, 6) is -2.76. The Balaban J connectivity index is 1.26. The number of nitrogens with zero attached hydrogens (tertiary/aromatic N) is 4. The molecule has 5 atom stereocenters. The number of fused-ring (bicyclic) bond motifs is 3.